The molecule has 8 atom stereocenters. The minimum absolute atomic E-state index is 0.0372. The monoisotopic (exact) mass is 570 g/mol. The number of Topliss-reactive ketones (excluding diaryl/α,β-unsaturated/α-hetero) is 1. The van der Waals surface area contributed by atoms with Gasteiger partial charge in [-0.3, -0.25) is 14.4 Å². The second-order valence-corrected chi connectivity index (χ2v) is 12.7. The highest BCUT2D eigenvalue weighted by Gasteiger charge is 2.78. The van der Waals surface area contributed by atoms with Gasteiger partial charge in [0.25, 0.3) is 0 Å². The molecule has 0 spiro atoms. The number of benzene rings is 1. The van der Waals surface area contributed by atoms with Crippen molar-refractivity contribution in [2.75, 3.05) is 6.61 Å². The lowest BCUT2D eigenvalue weighted by Gasteiger charge is -2.68. The fraction of sp³-hybridized carbons (Fsp3) is 0.613. The minimum Gasteiger partial charge on any atom is -0.455 e. The molecular formula is C31H38O10. The normalized spacial score (nSPS) is 39.2. The first-order valence-electron chi connectivity index (χ1n) is 14.0. The summed E-state index contributed by atoms with van der Waals surface area (Å²) in [7, 11) is 0. The van der Waals surface area contributed by atoms with Crippen molar-refractivity contribution in [1.29, 1.82) is 0 Å². The molecule has 1 saturated heterocycles. The van der Waals surface area contributed by atoms with Crippen LogP contribution in [0.15, 0.2) is 41.5 Å². The second-order valence-electron chi connectivity index (χ2n) is 12.7. The van der Waals surface area contributed by atoms with Crippen molar-refractivity contribution in [3.05, 3.63) is 47.0 Å². The Hall–Kier alpha value is -3.08. The predicted octanol–water partition coefficient (Wildman–Crippen LogP) is 2.68. The van der Waals surface area contributed by atoms with Gasteiger partial charge in [0.1, 0.15) is 17.8 Å². The number of hydrogen-bond acceptors (Lipinski definition) is 10. The molecule has 2 saturated carbocycles. The average Bonchev–Trinajstić information content (AvgIpc) is 2.89. The number of carbonyl (C=O) groups is 4. The predicted molar refractivity (Wildman–Crippen MR) is 143 cm³/mol. The van der Waals surface area contributed by atoms with Crippen LogP contribution in [0.2, 0.25) is 0 Å². The summed E-state index contributed by atoms with van der Waals surface area (Å²) in [4.78, 5) is 53.3. The lowest BCUT2D eigenvalue weighted by atomic mass is 9.44. The van der Waals surface area contributed by atoms with E-state index in [0.717, 1.165) is 0 Å². The van der Waals surface area contributed by atoms with Crippen molar-refractivity contribution in [2.24, 2.45) is 16.7 Å². The van der Waals surface area contributed by atoms with E-state index in [2.05, 4.69) is 0 Å². The van der Waals surface area contributed by atoms with Crippen LogP contribution in [0.3, 0.4) is 0 Å². The van der Waals surface area contributed by atoms with Gasteiger partial charge in [-0.2, -0.15) is 0 Å². The molecule has 1 heterocycles. The molecule has 222 valence electrons. The highest BCUT2D eigenvalue weighted by atomic mass is 16.6. The number of aliphatic hydroxyl groups is 2. The summed E-state index contributed by atoms with van der Waals surface area (Å²) in [6.45, 7) is 9.05. The third kappa shape index (κ3) is 4.09. The first kappa shape index (κ1) is 29.4. The molecule has 1 aliphatic heterocycles. The average molecular weight is 571 g/mol. The number of aliphatic hydroxyl groups excluding tert-OH is 1. The van der Waals surface area contributed by atoms with Gasteiger partial charge in [0.05, 0.1) is 24.2 Å². The van der Waals surface area contributed by atoms with Crippen LogP contribution < -0.4 is 0 Å². The second kappa shape index (κ2) is 9.74. The summed E-state index contributed by atoms with van der Waals surface area (Å²) in [5, 5.41) is 24.5. The molecule has 4 aliphatic rings. The number of fused-ring (bicyclic) bond motifs is 5. The molecule has 2 bridgehead atoms. The van der Waals surface area contributed by atoms with Gasteiger partial charge in [0.15, 0.2) is 11.7 Å². The van der Waals surface area contributed by atoms with E-state index in [9.17, 15) is 29.4 Å². The van der Waals surface area contributed by atoms with Gasteiger partial charge in [0, 0.05) is 36.7 Å². The maximum atomic E-state index is 14.5. The smallest absolute Gasteiger partial charge is 0.338 e. The SMILES string of the molecule is CC(=O)O[C@@H]1C(=O)C2=C(C)CC[C@@](O)([C@@H](OC(=O)c3ccccc3)C3[C@@]1(C)[C@@H](O)C[C@H]1OC[C@@]31OC(C)=O)C2(C)C. The number of rotatable bonds is 4. The van der Waals surface area contributed by atoms with Crippen LogP contribution in [0.5, 0.6) is 0 Å². The summed E-state index contributed by atoms with van der Waals surface area (Å²) < 4.78 is 23.8. The number of carbonyl (C=O) groups excluding carboxylic acids is 4. The molecule has 2 N–H and O–H groups in total. The van der Waals surface area contributed by atoms with E-state index in [1.165, 1.54) is 13.8 Å². The molecule has 3 fully saturated rings. The van der Waals surface area contributed by atoms with Crippen molar-refractivity contribution in [2.45, 2.75) is 96.4 Å². The maximum Gasteiger partial charge on any atom is 0.338 e. The number of ketones is 1. The number of esters is 3. The molecule has 3 aliphatic carbocycles. The Morgan fingerprint density at radius 1 is 1.02 bits per heavy atom. The van der Waals surface area contributed by atoms with E-state index >= 15 is 0 Å². The van der Waals surface area contributed by atoms with E-state index in [-0.39, 0.29) is 30.6 Å². The van der Waals surface area contributed by atoms with Crippen LogP contribution in [0.1, 0.15) is 71.2 Å². The highest BCUT2D eigenvalue weighted by Crippen LogP contribution is 2.64. The first-order valence-corrected chi connectivity index (χ1v) is 14.0. The number of hydrogen-bond donors (Lipinski definition) is 2. The Labute approximate surface area is 239 Å². The number of ether oxygens (including phenoxy) is 4. The third-order valence-electron chi connectivity index (χ3n) is 10.1. The quantitative estimate of drug-likeness (QED) is 0.409. The standard InChI is InChI=1S/C31H38O10/c1-16-12-13-31(37)26(40-27(36)19-10-8-7-9-11-19)24-29(6,20(34)14-21-30(24,15-38-21)41-18(3)33)25(39-17(2)32)23(35)22(16)28(31,4)5/h7-11,20-21,24-26,34,37H,12-15H2,1-6H3/t20-,21+,24?,25+,26-,29+,30-,31+/m0/s1. The Balaban J connectivity index is 1.83. The minimum atomic E-state index is -1.85. The first-order chi connectivity index (χ1) is 19.1. The summed E-state index contributed by atoms with van der Waals surface area (Å²) in [6, 6.07) is 8.26. The summed E-state index contributed by atoms with van der Waals surface area (Å²) in [5.74, 6) is -3.87. The number of allylic oxidation sites excluding steroid dienone is 1. The van der Waals surface area contributed by atoms with Gasteiger partial charge >= 0.3 is 17.9 Å². The molecule has 0 amide bonds. The van der Waals surface area contributed by atoms with Crippen molar-refractivity contribution >= 4 is 23.7 Å². The molecular weight excluding hydrogens is 532 g/mol. The molecule has 1 unspecified atom stereocenters. The van der Waals surface area contributed by atoms with Crippen molar-refractivity contribution in [3.8, 4) is 0 Å². The molecule has 5 rings (SSSR count). The van der Waals surface area contributed by atoms with Crippen LogP contribution in [0, 0.1) is 16.7 Å². The van der Waals surface area contributed by atoms with E-state index in [1.807, 2.05) is 0 Å². The zero-order valence-corrected chi connectivity index (χ0v) is 24.3. The van der Waals surface area contributed by atoms with Crippen LogP contribution >= 0.6 is 0 Å². The molecule has 0 radical (unpaired) electrons. The van der Waals surface area contributed by atoms with Crippen molar-refractivity contribution in [3.63, 3.8) is 0 Å². The zero-order valence-electron chi connectivity index (χ0n) is 24.3. The molecule has 0 aromatic heterocycles. The van der Waals surface area contributed by atoms with E-state index in [1.54, 1.807) is 58.0 Å². The topological polar surface area (TPSA) is 146 Å². The molecule has 10 nitrogen and oxygen atoms in total. The zero-order chi connectivity index (χ0) is 30.1. The van der Waals surface area contributed by atoms with Gasteiger partial charge in [-0.1, -0.05) is 44.5 Å². The van der Waals surface area contributed by atoms with Crippen molar-refractivity contribution in [1.82, 2.24) is 0 Å². The van der Waals surface area contributed by atoms with Gasteiger partial charge in [-0.25, -0.2) is 4.79 Å². The molecule has 41 heavy (non-hydrogen) atoms. The lowest BCUT2D eigenvalue weighted by Crippen LogP contribution is -2.82. The Morgan fingerprint density at radius 3 is 2.24 bits per heavy atom. The highest BCUT2D eigenvalue weighted by molar-refractivity contribution is 6.03. The van der Waals surface area contributed by atoms with E-state index in [4.69, 9.17) is 18.9 Å². The summed E-state index contributed by atoms with van der Waals surface area (Å²) in [5.41, 5.74) is -5.09. The van der Waals surface area contributed by atoms with E-state index in [0.29, 0.717) is 12.0 Å². The van der Waals surface area contributed by atoms with Gasteiger partial charge in [-0.15, -0.1) is 0 Å². The Kier molecular flexibility index (Phi) is 6.99. The third-order valence-corrected chi connectivity index (χ3v) is 10.1. The Bertz CT molecular complexity index is 1320. The van der Waals surface area contributed by atoms with E-state index < -0.39 is 76.1 Å². The van der Waals surface area contributed by atoms with Crippen LogP contribution in [-0.2, 0) is 33.3 Å². The summed E-state index contributed by atoms with van der Waals surface area (Å²) >= 11 is 0. The van der Waals surface area contributed by atoms with Gasteiger partial charge in [0.2, 0.25) is 5.78 Å². The fourth-order valence-corrected chi connectivity index (χ4v) is 8.00. The molecule has 10 heteroatoms. The van der Waals surface area contributed by atoms with Crippen LogP contribution in [0.4, 0.5) is 0 Å². The van der Waals surface area contributed by atoms with Gasteiger partial charge < -0.3 is 29.2 Å². The lowest BCUT2D eigenvalue weighted by molar-refractivity contribution is -0.357. The largest absolute Gasteiger partial charge is 0.455 e. The Morgan fingerprint density at radius 2 is 1.68 bits per heavy atom. The van der Waals surface area contributed by atoms with Crippen LogP contribution in [-0.4, -0.2) is 76.1 Å². The van der Waals surface area contributed by atoms with Gasteiger partial charge in [-0.05, 0) is 31.9 Å². The fourth-order valence-electron chi connectivity index (χ4n) is 8.00. The molecule has 1 aromatic rings. The van der Waals surface area contributed by atoms with Crippen LogP contribution in [0.25, 0.3) is 0 Å². The summed E-state index contributed by atoms with van der Waals surface area (Å²) in [6.07, 6.45) is -4.68. The van der Waals surface area contributed by atoms with Crippen molar-refractivity contribution < 1.29 is 48.3 Å². The maximum absolute atomic E-state index is 14.5. The molecule has 1 aromatic carbocycles.